The third-order valence-electron chi connectivity index (χ3n) is 4.52. The molecule has 0 atom stereocenters. The third-order valence-corrected chi connectivity index (χ3v) is 4.77. The van der Waals surface area contributed by atoms with Crippen LogP contribution in [0.5, 0.6) is 0 Å². The summed E-state index contributed by atoms with van der Waals surface area (Å²) in [5, 5.41) is 3.61. The minimum absolute atomic E-state index is 0.184. The second-order valence-electron chi connectivity index (χ2n) is 6.44. The number of oxazole rings is 1. The van der Waals surface area contributed by atoms with Crippen LogP contribution in [-0.4, -0.2) is 42.0 Å². The number of halogens is 1. The number of benzene rings is 1. The standard InChI is InChI=1S/C19H24ClN3O2/c1-14-17(22-19(25-14)15-6-8-16(20)9-7-15)18(24)21-10-13-23-11-4-2-3-5-12-23/h6-9H,2-5,10-13H2,1H3,(H,21,24). The van der Waals surface area contributed by atoms with Crippen LogP contribution in [0.1, 0.15) is 41.9 Å². The first-order chi connectivity index (χ1) is 12.1. The van der Waals surface area contributed by atoms with Gasteiger partial charge in [0.1, 0.15) is 5.76 Å². The van der Waals surface area contributed by atoms with E-state index in [0.29, 0.717) is 28.9 Å². The van der Waals surface area contributed by atoms with Gasteiger partial charge < -0.3 is 14.6 Å². The Kier molecular flexibility index (Phi) is 6.10. The highest BCUT2D eigenvalue weighted by molar-refractivity contribution is 6.30. The summed E-state index contributed by atoms with van der Waals surface area (Å²) < 4.78 is 5.65. The molecule has 2 aromatic rings. The second-order valence-corrected chi connectivity index (χ2v) is 6.88. The van der Waals surface area contributed by atoms with E-state index in [4.69, 9.17) is 16.0 Å². The summed E-state index contributed by atoms with van der Waals surface area (Å²) in [6, 6.07) is 7.21. The molecule has 1 aliphatic rings. The molecule has 0 bridgehead atoms. The number of hydrogen-bond donors (Lipinski definition) is 1. The van der Waals surface area contributed by atoms with E-state index in [1.54, 1.807) is 19.1 Å². The monoisotopic (exact) mass is 361 g/mol. The molecule has 0 spiro atoms. The topological polar surface area (TPSA) is 58.4 Å². The van der Waals surface area contributed by atoms with Crippen molar-refractivity contribution in [2.24, 2.45) is 0 Å². The molecule has 1 fully saturated rings. The number of carbonyl (C=O) groups is 1. The lowest BCUT2D eigenvalue weighted by atomic mass is 10.2. The summed E-state index contributed by atoms with van der Waals surface area (Å²) in [5.74, 6) is 0.778. The van der Waals surface area contributed by atoms with Crippen molar-refractivity contribution < 1.29 is 9.21 Å². The number of aromatic nitrogens is 1. The van der Waals surface area contributed by atoms with Crippen LogP contribution < -0.4 is 5.32 Å². The molecule has 134 valence electrons. The maximum atomic E-state index is 12.4. The molecule has 1 N–H and O–H groups in total. The predicted octanol–water partition coefficient (Wildman–Crippen LogP) is 3.91. The van der Waals surface area contributed by atoms with Gasteiger partial charge in [-0.1, -0.05) is 24.4 Å². The van der Waals surface area contributed by atoms with Gasteiger partial charge in [0, 0.05) is 23.7 Å². The summed E-state index contributed by atoms with van der Waals surface area (Å²) in [5.41, 5.74) is 1.15. The normalized spacial score (nSPS) is 15.8. The molecular formula is C19H24ClN3O2. The van der Waals surface area contributed by atoms with Crippen LogP contribution in [0.2, 0.25) is 5.02 Å². The Labute approximate surface area is 153 Å². The van der Waals surface area contributed by atoms with Crippen molar-refractivity contribution >= 4 is 17.5 Å². The SMILES string of the molecule is Cc1oc(-c2ccc(Cl)cc2)nc1C(=O)NCCN1CCCCCC1. The molecule has 5 nitrogen and oxygen atoms in total. The fourth-order valence-corrected chi connectivity index (χ4v) is 3.22. The van der Waals surface area contributed by atoms with Gasteiger partial charge in [-0.2, -0.15) is 0 Å². The molecule has 1 aliphatic heterocycles. The van der Waals surface area contributed by atoms with Crippen LogP contribution >= 0.6 is 11.6 Å². The van der Waals surface area contributed by atoms with Gasteiger partial charge in [-0.3, -0.25) is 4.79 Å². The predicted molar refractivity (Wildman–Crippen MR) is 98.9 cm³/mol. The van der Waals surface area contributed by atoms with E-state index in [0.717, 1.165) is 25.2 Å². The summed E-state index contributed by atoms with van der Waals surface area (Å²) in [4.78, 5) is 19.2. The average Bonchev–Trinajstić information content (AvgIpc) is 2.81. The van der Waals surface area contributed by atoms with Crippen molar-refractivity contribution in [2.75, 3.05) is 26.2 Å². The van der Waals surface area contributed by atoms with Gasteiger partial charge in [0.2, 0.25) is 5.89 Å². The number of carbonyl (C=O) groups excluding carboxylic acids is 1. The first-order valence-electron chi connectivity index (χ1n) is 8.87. The number of nitrogens with zero attached hydrogens (tertiary/aromatic N) is 2. The van der Waals surface area contributed by atoms with Gasteiger partial charge in [0.05, 0.1) is 0 Å². The van der Waals surface area contributed by atoms with Crippen LogP contribution in [0.3, 0.4) is 0 Å². The number of nitrogens with one attached hydrogen (secondary N) is 1. The number of hydrogen-bond acceptors (Lipinski definition) is 4. The largest absolute Gasteiger partial charge is 0.441 e. The van der Waals surface area contributed by atoms with Gasteiger partial charge in [-0.15, -0.1) is 0 Å². The minimum Gasteiger partial charge on any atom is -0.441 e. The van der Waals surface area contributed by atoms with Crippen molar-refractivity contribution in [1.82, 2.24) is 15.2 Å². The minimum atomic E-state index is -0.184. The van der Waals surface area contributed by atoms with E-state index in [9.17, 15) is 4.79 Å². The van der Waals surface area contributed by atoms with Crippen LogP contribution in [0.25, 0.3) is 11.5 Å². The number of aryl methyl sites for hydroxylation is 1. The highest BCUT2D eigenvalue weighted by Gasteiger charge is 2.18. The molecule has 25 heavy (non-hydrogen) atoms. The Hall–Kier alpha value is -1.85. The number of rotatable bonds is 5. The fraction of sp³-hybridized carbons (Fsp3) is 0.474. The van der Waals surface area contributed by atoms with Crippen LogP contribution in [0, 0.1) is 6.92 Å². The van der Waals surface area contributed by atoms with Crippen molar-refractivity contribution in [2.45, 2.75) is 32.6 Å². The Bertz CT molecular complexity index is 704. The second kappa shape index (κ2) is 8.50. The van der Waals surface area contributed by atoms with E-state index in [-0.39, 0.29) is 5.91 Å². The zero-order valence-electron chi connectivity index (χ0n) is 14.6. The quantitative estimate of drug-likeness (QED) is 0.877. The molecular weight excluding hydrogens is 338 g/mol. The van der Waals surface area contributed by atoms with Crippen LogP contribution in [0.4, 0.5) is 0 Å². The molecule has 1 aromatic carbocycles. The number of likely N-dealkylation sites (tertiary alicyclic amines) is 1. The average molecular weight is 362 g/mol. The van der Waals surface area contributed by atoms with Gasteiger partial charge in [-0.25, -0.2) is 4.98 Å². The molecule has 0 saturated carbocycles. The smallest absolute Gasteiger partial charge is 0.273 e. The highest BCUT2D eigenvalue weighted by atomic mass is 35.5. The summed E-state index contributed by atoms with van der Waals surface area (Å²) >= 11 is 5.90. The first kappa shape index (κ1) is 18.0. The zero-order chi connectivity index (χ0) is 17.6. The van der Waals surface area contributed by atoms with Gasteiger partial charge in [-0.05, 0) is 57.1 Å². The van der Waals surface area contributed by atoms with Gasteiger partial charge in [0.25, 0.3) is 5.91 Å². The Morgan fingerprint density at radius 2 is 1.88 bits per heavy atom. The van der Waals surface area contributed by atoms with E-state index in [1.807, 2.05) is 12.1 Å². The number of amides is 1. The molecule has 3 rings (SSSR count). The maximum Gasteiger partial charge on any atom is 0.273 e. The maximum absolute atomic E-state index is 12.4. The third kappa shape index (κ3) is 4.83. The summed E-state index contributed by atoms with van der Waals surface area (Å²) in [6.45, 7) is 5.52. The lowest BCUT2D eigenvalue weighted by Crippen LogP contribution is -2.35. The Balaban J connectivity index is 1.57. The lowest BCUT2D eigenvalue weighted by Gasteiger charge is -2.19. The fourth-order valence-electron chi connectivity index (χ4n) is 3.09. The van der Waals surface area contributed by atoms with E-state index < -0.39 is 0 Å². The van der Waals surface area contributed by atoms with Crippen LogP contribution in [0.15, 0.2) is 28.7 Å². The summed E-state index contributed by atoms with van der Waals surface area (Å²) in [7, 11) is 0. The van der Waals surface area contributed by atoms with Crippen molar-refractivity contribution in [3.8, 4) is 11.5 Å². The molecule has 1 amide bonds. The first-order valence-corrected chi connectivity index (χ1v) is 9.25. The van der Waals surface area contributed by atoms with E-state index >= 15 is 0 Å². The van der Waals surface area contributed by atoms with Crippen molar-refractivity contribution in [1.29, 1.82) is 0 Å². The zero-order valence-corrected chi connectivity index (χ0v) is 15.3. The Morgan fingerprint density at radius 1 is 1.20 bits per heavy atom. The van der Waals surface area contributed by atoms with Crippen LogP contribution in [-0.2, 0) is 0 Å². The van der Waals surface area contributed by atoms with E-state index in [1.165, 1.54) is 25.7 Å². The lowest BCUT2D eigenvalue weighted by molar-refractivity contribution is 0.0942. The van der Waals surface area contributed by atoms with Crippen molar-refractivity contribution in [3.63, 3.8) is 0 Å². The Morgan fingerprint density at radius 3 is 2.56 bits per heavy atom. The molecule has 0 unspecified atom stereocenters. The van der Waals surface area contributed by atoms with Gasteiger partial charge in [0.15, 0.2) is 5.69 Å². The van der Waals surface area contributed by atoms with Gasteiger partial charge >= 0.3 is 0 Å². The molecule has 1 aromatic heterocycles. The molecule has 0 aliphatic carbocycles. The molecule has 0 radical (unpaired) electrons. The van der Waals surface area contributed by atoms with E-state index in [2.05, 4.69) is 15.2 Å². The van der Waals surface area contributed by atoms with Crippen molar-refractivity contribution in [3.05, 3.63) is 40.7 Å². The molecule has 6 heteroatoms. The molecule has 1 saturated heterocycles. The summed E-state index contributed by atoms with van der Waals surface area (Å²) in [6.07, 6.45) is 5.13. The highest BCUT2D eigenvalue weighted by Crippen LogP contribution is 2.23. The molecule has 2 heterocycles.